The van der Waals surface area contributed by atoms with E-state index in [2.05, 4.69) is 4.98 Å². The Balaban J connectivity index is 3.27. The first-order valence-electron chi connectivity index (χ1n) is 5.60. The van der Waals surface area contributed by atoms with Crippen molar-refractivity contribution < 1.29 is 9.47 Å². The molecule has 92 valence electrons. The first-order chi connectivity index (χ1) is 8.13. The number of diazo groups is 1. The molecule has 0 aromatic heterocycles. The van der Waals surface area contributed by atoms with E-state index in [1.165, 1.54) is 0 Å². The molecule has 0 fully saturated rings. The molecule has 0 atom stereocenters. The van der Waals surface area contributed by atoms with Gasteiger partial charge in [0.2, 0.25) is 11.1 Å². The van der Waals surface area contributed by atoms with Gasteiger partial charge in [-0.15, -0.1) is 0 Å². The minimum atomic E-state index is 0.376. The second kappa shape index (κ2) is 5.94. The smallest absolute Gasteiger partial charge is 0.430 e. The zero-order valence-electron chi connectivity index (χ0n) is 10.7. The molecule has 0 bridgehead atoms. The fraction of sp³-hybridized carbons (Fsp3) is 0.500. The molecule has 1 aromatic carbocycles. The predicted octanol–water partition coefficient (Wildman–Crippen LogP) is 3.03. The third kappa shape index (κ3) is 3.00. The topological polar surface area (TPSA) is 49.9 Å². The van der Waals surface area contributed by atoms with E-state index in [0.29, 0.717) is 30.4 Å². The van der Waals surface area contributed by atoms with Gasteiger partial charge in [-0.1, -0.05) is 0 Å². The molecule has 1 aromatic rings. The van der Waals surface area contributed by atoms with E-state index in [-0.39, 0.29) is 0 Å². The average Bonchev–Trinajstić information content (AvgIpc) is 2.30. The lowest BCUT2D eigenvalue weighted by Gasteiger charge is -2.17. The number of benzene rings is 1. The maximum atomic E-state index is 8.94. The van der Waals surface area contributed by atoms with Gasteiger partial charge >= 0.3 is 5.69 Å². The van der Waals surface area contributed by atoms with Crippen molar-refractivity contribution in [2.75, 3.05) is 32.2 Å². The molecule has 0 aliphatic rings. The van der Waals surface area contributed by atoms with Crippen molar-refractivity contribution in [2.45, 2.75) is 13.8 Å². The minimum absolute atomic E-state index is 0.376. The fourth-order valence-corrected chi connectivity index (χ4v) is 1.51. The highest BCUT2D eigenvalue weighted by molar-refractivity contribution is 5.71. The summed E-state index contributed by atoms with van der Waals surface area (Å²) in [4.78, 5) is 5.13. The number of hydrogen-bond donors (Lipinski definition) is 0. The van der Waals surface area contributed by atoms with E-state index in [9.17, 15) is 0 Å². The largest absolute Gasteiger partial charge is 0.491 e. The Bertz CT molecular complexity index is 424. The van der Waals surface area contributed by atoms with Crippen molar-refractivity contribution in [2.24, 2.45) is 0 Å². The Morgan fingerprint density at radius 2 is 1.71 bits per heavy atom. The van der Waals surface area contributed by atoms with Gasteiger partial charge in [-0.2, -0.15) is 0 Å². The quantitative estimate of drug-likeness (QED) is 0.737. The molecule has 1 rings (SSSR count). The van der Waals surface area contributed by atoms with E-state index in [4.69, 9.17) is 14.9 Å². The SMILES string of the molecule is CCOc1cc(N(C)C)c(OCC)cc1[N+]#N. The summed E-state index contributed by atoms with van der Waals surface area (Å²) in [6, 6.07) is 3.48. The average molecular weight is 236 g/mol. The Hall–Kier alpha value is -1.96. The molecule has 0 N–H and O–H groups in total. The van der Waals surface area contributed by atoms with Crippen LogP contribution < -0.4 is 14.4 Å². The third-order valence-corrected chi connectivity index (χ3v) is 2.23. The van der Waals surface area contributed by atoms with Crippen LogP contribution in [0.15, 0.2) is 12.1 Å². The van der Waals surface area contributed by atoms with Crippen LogP contribution >= 0.6 is 0 Å². The van der Waals surface area contributed by atoms with Gasteiger partial charge in [0.15, 0.2) is 10.7 Å². The zero-order valence-corrected chi connectivity index (χ0v) is 10.7. The normalized spacial score (nSPS) is 9.59. The standard InChI is InChI=1S/C12H18N3O2/c1-5-16-11-8-10(15(3)4)12(17-6-2)7-9(11)14-13/h7-8H,5-6H2,1-4H3/q+1. The van der Waals surface area contributed by atoms with E-state index in [1.54, 1.807) is 6.07 Å². The fourth-order valence-electron chi connectivity index (χ4n) is 1.51. The molecule has 5 heteroatoms. The lowest BCUT2D eigenvalue weighted by Crippen LogP contribution is -2.11. The van der Waals surface area contributed by atoms with Crippen molar-refractivity contribution in [3.8, 4) is 11.5 Å². The minimum Gasteiger partial charge on any atom is -0.491 e. The predicted molar refractivity (Wildman–Crippen MR) is 67.9 cm³/mol. The molecule has 0 aliphatic heterocycles. The Morgan fingerprint density at radius 3 is 2.18 bits per heavy atom. The maximum absolute atomic E-state index is 8.94. The molecular weight excluding hydrogens is 218 g/mol. The lowest BCUT2D eigenvalue weighted by atomic mass is 10.2. The summed E-state index contributed by atoms with van der Waals surface area (Å²) in [7, 11) is 3.84. The summed E-state index contributed by atoms with van der Waals surface area (Å²) in [6.07, 6.45) is 0. The van der Waals surface area contributed by atoms with Crippen LogP contribution in [0.3, 0.4) is 0 Å². The Labute approximate surface area is 102 Å². The molecule has 0 heterocycles. The molecule has 0 aliphatic carbocycles. The van der Waals surface area contributed by atoms with Crippen LogP contribution in [0.5, 0.6) is 11.5 Å². The van der Waals surface area contributed by atoms with Crippen molar-refractivity contribution in [1.29, 1.82) is 5.39 Å². The molecule has 0 radical (unpaired) electrons. The number of nitrogens with zero attached hydrogens (tertiary/aromatic N) is 3. The molecule has 5 nitrogen and oxygen atoms in total. The van der Waals surface area contributed by atoms with Crippen LogP contribution in [0.4, 0.5) is 11.4 Å². The summed E-state index contributed by atoms with van der Waals surface area (Å²) in [5, 5.41) is 8.94. The maximum Gasteiger partial charge on any atom is 0.430 e. The molecule has 17 heavy (non-hydrogen) atoms. The second-order valence-electron chi connectivity index (χ2n) is 3.65. The molecule has 0 unspecified atom stereocenters. The highest BCUT2D eigenvalue weighted by atomic mass is 16.5. The molecule has 0 saturated heterocycles. The zero-order chi connectivity index (χ0) is 12.8. The Kier molecular flexibility index (Phi) is 4.58. The molecule has 0 amide bonds. The van der Waals surface area contributed by atoms with Gasteiger partial charge in [-0.3, -0.25) is 0 Å². The summed E-state index contributed by atoms with van der Waals surface area (Å²) < 4.78 is 10.9. The van der Waals surface area contributed by atoms with Crippen LogP contribution in [0.1, 0.15) is 13.8 Å². The van der Waals surface area contributed by atoms with Gasteiger partial charge in [-0.25, -0.2) is 0 Å². The Morgan fingerprint density at radius 1 is 1.12 bits per heavy atom. The van der Waals surface area contributed by atoms with E-state index < -0.39 is 0 Å². The number of ether oxygens (including phenoxy) is 2. The lowest BCUT2D eigenvalue weighted by molar-refractivity contribution is 0.333. The van der Waals surface area contributed by atoms with Crippen molar-refractivity contribution in [1.82, 2.24) is 0 Å². The highest BCUT2D eigenvalue weighted by Crippen LogP contribution is 2.39. The van der Waals surface area contributed by atoms with Crippen molar-refractivity contribution in [3.63, 3.8) is 0 Å². The molecule has 0 spiro atoms. The molecular formula is C12H18N3O2+. The van der Waals surface area contributed by atoms with Gasteiger partial charge in [0.25, 0.3) is 0 Å². The van der Waals surface area contributed by atoms with Crippen LogP contribution in [-0.4, -0.2) is 27.3 Å². The first-order valence-corrected chi connectivity index (χ1v) is 5.60. The third-order valence-electron chi connectivity index (χ3n) is 2.23. The highest BCUT2D eigenvalue weighted by Gasteiger charge is 2.21. The number of anilines is 1. The first kappa shape index (κ1) is 13.1. The van der Waals surface area contributed by atoms with Crippen LogP contribution in [0.2, 0.25) is 0 Å². The number of rotatable bonds is 5. The number of hydrogen-bond acceptors (Lipinski definition) is 4. The van der Waals surface area contributed by atoms with Crippen LogP contribution in [0, 0.1) is 5.39 Å². The van der Waals surface area contributed by atoms with Gasteiger partial charge in [0.1, 0.15) is 0 Å². The van der Waals surface area contributed by atoms with Gasteiger partial charge < -0.3 is 14.4 Å². The van der Waals surface area contributed by atoms with Gasteiger partial charge in [-0.05, 0) is 13.8 Å². The van der Waals surface area contributed by atoms with Gasteiger partial charge in [0.05, 0.1) is 25.0 Å². The summed E-state index contributed by atoms with van der Waals surface area (Å²) >= 11 is 0. The monoisotopic (exact) mass is 236 g/mol. The summed E-state index contributed by atoms with van der Waals surface area (Å²) in [6.45, 7) is 4.86. The van der Waals surface area contributed by atoms with Gasteiger partial charge in [0, 0.05) is 20.2 Å². The van der Waals surface area contributed by atoms with E-state index in [0.717, 1.165) is 5.69 Å². The summed E-state index contributed by atoms with van der Waals surface area (Å²) in [5.41, 5.74) is 1.27. The molecule has 0 saturated carbocycles. The van der Waals surface area contributed by atoms with E-state index >= 15 is 0 Å². The second-order valence-corrected chi connectivity index (χ2v) is 3.65. The van der Waals surface area contributed by atoms with Crippen molar-refractivity contribution in [3.05, 3.63) is 17.1 Å². The van der Waals surface area contributed by atoms with Crippen molar-refractivity contribution >= 4 is 11.4 Å². The van der Waals surface area contributed by atoms with Crippen LogP contribution in [-0.2, 0) is 0 Å². The van der Waals surface area contributed by atoms with Crippen LogP contribution in [0.25, 0.3) is 4.98 Å². The van der Waals surface area contributed by atoms with E-state index in [1.807, 2.05) is 38.9 Å². The summed E-state index contributed by atoms with van der Waals surface area (Å²) in [5.74, 6) is 1.22.